The van der Waals surface area contributed by atoms with Crippen molar-refractivity contribution < 1.29 is 51.8 Å². The number of carboxylic acids is 1. The van der Waals surface area contributed by atoms with Crippen LogP contribution in [0.4, 0.5) is 5.82 Å². The van der Waals surface area contributed by atoms with Gasteiger partial charge in [0.15, 0.2) is 18.5 Å². The molecule has 184 valence electrons. The van der Waals surface area contributed by atoms with Crippen LogP contribution in [-0.2, 0) is 40.2 Å². The number of nitrogen functional groups attached to an aromatic ring is 1. The van der Waals surface area contributed by atoms with Gasteiger partial charge in [0.2, 0.25) is 5.51 Å². The summed E-state index contributed by atoms with van der Waals surface area (Å²) in [5, 5.41) is 17.9. The van der Waals surface area contributed by atoms with Gasteiger partial charge < -0.3 is 25.7 Å². The Morgan fingerprint density at radius 1 is 1.30 bits per heavy atom. The lowest BCUT2D eigenvalue weighted by molar-refractivity contribution is -0.689. The van der Waals surface area contributed by atoms with Crippen molar-refractivity contribution in [2.75, 3.05) is 12.3 Å². The lowest BCUT2D eigenvalue weighted by Gasteiger charge is -2.18. The van der Waals surface area contributed by atoms with Crippen molar-refractivity contribution >= 4 is 38.8 Å². The Labute approximate surface area is 192 Å². The number of nitrogens with two attached hydrogens (primary N) is 1. The lowest BCUT2D eigenvalue weighted by atomic mass is 10.2. The van der Waals surface area contributed by atoms with Gasteiger partial charge in [-0.25, -0.2) is 19.1 Å². The molecule has 6 N–H and O–H groups in total. The third kappa shape index (κ3) is 9.16. The van der Waals surface area contributed by atoms with Crippen molar-refractivity contribution in [3.63, 3.8) is 0 Å². The smallest absolute Gasteiger partial charge is 0.481 e. The highest BCUT2D eigenvalue weighted by Crippen LogP contribution is 2.60. The van der Waals surface area contributed by atoms with Gasteiger partial charge in [-0.05, 0) is 6.92 Å². The molecule has 3 unspecified atom stereocenters. The minimum atomic E-state index is -5.20. The van der Waals surface area contributed by atoms with E-state index in [2.05, 4.69) is 18.8 Å². The maximum atomic E-state index is 12.0. The first-order valence-electron chi connectivity index (χ1n) is 9.42. The third-order valence-electron chi connectivity index (χ3n) is 4.17. The number of aromatic nitrogens is 3. The largest absolute Gasteiger partial charge is 0.483 e. The summed E-state index contributed by atoms with van der Waals surface area (Å²) in [7, 11) is -10.2. The van der Waals surface area contributed by atoms with E-state index in [9.17, 15) is 28.8 Å². The highest BCUT2D eigenvalue weighted by atomic mass is 32.1. The number of thiazole rings is 1. The van der Waals surface area contributed by atoms with Gasteiger partial charge in [-0.3, -0.25) is 13.8 Å². The first-order valence-corrected chi connectivity index (χ1v) is 13.3. The number of aliphatic hydroxyl groups excluding tert-OH is 1. The summed E-state index contributed by atoms with van der Waals surface area (Å²) in [6.07, 6.45) is -1.25. The Balaban J connectivity index is 1.89. The molecule has 0 aliphatic carbocycles. The van der Waals surface area contributed by atoms with E-state index in [4.69, 9.17) is 15.4 Å². The number of phosphoric acid groups is 2. The van der Waals surface area contributed by atoms with Crippen LogP contribution in [-0.4, -0.2) is 48.8 Å². The fraction of sp³-hybridized carbons (Fsp3) is 0.500. The van der Waals surface area contributed by atoms with Gasteiger partial charge in [-0.2, -0.15) is 8.88 Å². The zero-order valence-electron chi connectivity index (χ0n) is 17.7. The van der Waals surface area contributed by atoms with Crippen molar-refractivity contribution in [1.82, 2.24) is 9.97 Å². The number of hydrogen-bond donors (Lipinski definition) is 5. The molecule has 2 rings (SSSR count). The normalized spacial score (nSPS) is 16.2. The average molecular weight is 527 g/mol. The van der Waals surface area contributed by atoms with Crippen LogP contribution in [0.3, 0.4) is 0 Å². The monoisotopic (exact) mass is 527 g/mol. The maximum absolute atomic E-state index is 12.0. The van der Waals surface area contributed by atoms with Gasteiger partial charge >= 0.3 is 21.6 Å². The molecule has 0 fully saturated rings. The van der Waals surface area contributed by atoms with Crippen LogP contribution in [0, 0.1) is 13.8 Å². The van der Waals surface area contributed by atoms with Crippen molar-refractivity contribution in [2.24, 2.45) is 0 Å². The SMILES string of the molecule is Cc1ncc(C[n+]2csc(CCOP(=O)(O)OP(=O)(O)OC(O)CCC(=O)O)c2C)c(N)n1. The van der Waals surface area contributed by atoms with Crippen LogP contribution in [0.2, 0.25) is 0 Å². The highest BCUT2D eigenvalue weighted by molar-refractivity contribution is 7.61. The van der Waals surface area contributed by atoms with Gasteiger partial charge in [-0.1, -0.05) is 11.3 Å². The Hall–Kier alpha value is -1.80. The fourth-order valence-electron chi connectivity index (χ4n) is 2.55. The first-order chi connectivity index (χ1) is 15.3. The number of aliphatic hydroxyl groups is 1. The molecule has 2 aromatic rings. The lowest BCUT2D eigenvalue weighted by Crippen LogP contribution is -2.35. The molecule has 0 radical (unpaired) electrons. The van der Waals surface area contributed by atoms with Crippen molar-refractivity contribution in [1.29, 1.82) is 0 Å². The summed E-state index contributed by atoms with van der Waals surface area (Å²) >= 11 is 1.36. The molecular weight excluding hydrogens is 502 g/mol. The van der Waals surface area contributed by atoms with E-state index in [0.29, 0.717) is 18.2 Å². The molecule has 17 heteroatoms. The second-order valence-corrected chi connectivity index (χ2v) is 10.7. The number of rotatable bonds is 13. The zero-order valence-corrected chi connectivity index (χ0v) is 20.3. The number of anilines is 1. The van der Waals surface area contributed by atoms with Gasteiger partial charge in [-0.15, -0.1) is 0 Å². The first kappa shape index (κ1) is 27.4. The van der Waals surface area contributed by atoms with Crippen LogP contribution in [0.15, 0.2) is 11.7 Å². The van der Waals surface area contributed by atoms with E-state index in [1.54, 1.807) is 13.1 Å². The number of nitrogens with zero attached hydrogens (tertiary/aromatic N) is 3. The summed E-state index contributed by atoms with van der Waals surface area (Å²) in [6.45, 7) is 3.66. The average Bonchev–Trinajstić information content (AvgIpc) is 3.00. The zero-order chi connectivity index (χ0) is 24.8. The van der Waals surface area contributed by atoms with E-state index in [1.807, 2.05) is 17.0 Å². The molecule has 14 nitrogen and oxygen atoms in total. The molecule has 0 aliphatic heterocycles. The number of phosphoric ester groups is 2. The summed E-state index contributed by atoms with van der Waals surface area (Å²) < 4.78 is 38.7. The number of aliphatic carboxylic acids is 1. The molecule has 0 aliphatic rings. The quantitative estimate of drug-likeness (QED) is 0.140. The van der Waals surface area contributed by atoms with Crippen LogP contribution in [0.25, 0.3) is 0 Å². The van der Waals surface area contributed by atoms with Crippen LogP contribution in [0.5, 0.6) is 0 Å². The number of carbonyl (C=O) groups is 1. The van der Waals surface area contributed by atoms with Gasteiger partial charge in [0.1, 0.15) is 11.6 Å². The summed E-state index contributed by atoms with van der Waals surface area (Å²) in [4.78, 5) is 38.7. The highest BCUT2D eigenvalue weighted by Gasteiger charge is 2.37. The molecule has 0 saturated heterocycles. The van der Waals surface area contributed by atoms with E-state index < -0.39 is 40.7 Å². The fourth-order valence-corrected chi connectivity index (χ4v) is 5.64. The topological polar surface area (TPSA) is 216 Å². The van der Waals surface area contributed by atoms with Gasteiger partial charge in [0, 0.05) is 26.0 Å². The molecular formula is C16H25N4O10P2S+. The number of aryl methyl sites for hydroxylation is 1. The Bertz CT molecular complexity index is 1080. The molecule has 0 aromatic carbocycles. The van der Waals surface area contributed by atoms with E-state index in [0.717, 1.165) is 16.1 Å². The van der Waals surface area contributed by atoms with Crippen LogP contribution in [0.1, 0.15) is 34.8 Å². The molecule has 0 spiro atoms. The minimum absolute atomic E-state index is 0.190. The molecule has 2 heterocycles. The predicted molar refractivity (Wildman–Crippen MR) is 114 cm³/mol. The summed E-state index contributed by atoms with van der Waals surface area (Å²) in [6, 6.07) is 0. The molecule has 33 heavy (non-hydrogen) atoms. The summed E-state index contributed by atoms with van der Waals surface area (Å²) in [5.74, 6) is -0.347. The van der Waals surface area contributed by atoms with Crippen molar-refractivity contribution in [2.45, 2.75) is 45.9 Å². The van der Waals surface area contributed by atoms with Crippen molar-refractivity contribution in [3.05, 3.63) is 33.7 Å². The molecule has 0 bridgehead atoms. The van der Waals surface area contributed by atoms with Crippen molar-refractivity contribution in [3.8, 4) is 0 Å². The number of hydrogen-bond acceptors (Lipinski definition) is 11. The maximum Gasteiger partial charge on any atom is 0.483 e. The number of carboxylic acid groups (broad SMARTS) is 1. The molecule has 2 aromatic heterocycles. The second kappa shape index (κ2) is 11.6. The van der Waals surface area contributed by atoms with E-state index in [-0.39, 0.29) is 13.0 Å². The summed E-state index contributed by atoms with van der Waals surface area (Å²) in [5.41, 5.74) is 9.31. The Kier molecular flexibility index (Phi) is 9.61. The Morgan fingerprint density at radius 2 is 2.00 bits per heavy atom. The van der Waals surface area contributed by atoms with Gasteiger partial charge in [0.25, 0.3) is 0 Å². The van der Waals surface area contributed by atoms with E-state index >= 15 is 0 Å². The minimum Gasteiger partial charge on any atom is -0.481 e. The second-order valence-electron chi connectivity index (χ2n) is 6.78. The van der Waals surface area contributed by atoms with E-state index in [1.165, 1.54) is 11.3 Å². The van der Waals surface area contributed by atoms with Crippen LogP contribution < -0.4 is 10.3 Å². The van der Waals surface area contributed by atoms with Crippen LogP contribution >= 0.6 is 27.0 Å². The molecule has 3 atom stereocenters. The standard InChI is InChI=1S/C16H24N4O10P2S/c1-10-13(33-9-20(10)8-12-7-18-11(2)19-16(12)17)5-6-28-31(24,25)30-32(26,27)29-15(23)4-3-14(21)22/h7,9,15,23H,3-6,8H2,1-2H3,(H4-,17,18,19,21,22,24,25,26,27)/p+1. The third-order valence-corrected chi connectivity index (χ3v) is 7.98. The predicted octanol–water partition coefficient (Wildman–Crippen LogP) is 1.05. The molecule has 0 amide bonds. The molecule has 0 saturated carbocycles. The van der Waals surface area contributed by atoms with Gasteiger partial charge in [0.05, 0.1) is 23.5 Å². The Morgan fingerprint density at radius 3 is 2.64 bits per heavy atom.